The highest BCUT2D eigenvalue weighted by atomic mass is 16.3. The second kappa shape index (κ2) is 7.56. The number of phenols is 1. The number of Topliss-reactive ketones (excluding diaryl/α,β-unsaturated/α-hetero) is 1. The molecule has 0 aliphatic carbocycles. The minimum absolute atomic E-state index is 0.0382. The van der Waals surface area contributed by atoms with Gasteiger partial charge in [-0.05, 0) is 25.5 Å². The van der Waals surface area contributed by atoms with Crippen molar-refractivity contribution in [1.29, 1.82) is 0 Å². The van der Waals surface area contributed by atoms with Crippen LogP contribution in [0.2, 0.25) is 0 Å². The topological polar surface area (TPSA) is 66.4 Å². The zero-order valence-electron chi connectivity index (χ0n) is 11.5. The first kappa shape index (κ1) is 15.2. The first-order chi connectivity index (χ1) is 9.04. The predicted octanol–water partition coefficient (Wildman–Crippen LogP) is 3.18. The Labute approximate surface area is 113 Å². The van der Waals surface area contributed by atoms with Gasteiger partial charge in [-0.1, -0.05) is 25.8 Å². The van der Waals surface area contributed by atoms with Gasteiger partial charge in [-0.25, -0.2) is 0 Å². The molecule has 0 spiro atoms. The molecule has 0 aromatic heterocycles. The number of unbranched alkanes of at least 4 members (excludes halogenated alkanes) is 2. The molecule has 19 heavy (non-hydrogen) atoms. The Morgan fingerprint density at radius 2 is 2.00 bits per heavy atom. The number of benzene rings is 1. The number of phenolic OH excluding ortho intramolecular Hbond substituents is 1. The average Bonchev–Trinajstić information content (AvgIpc) is 2.35. The number of ketones is 1. The molecule has 0 unspecified atom stereocenters. The van der Waals surface area contributed by atoms with Crippen molar-refractivity contribution < 1.29 is 14.7 Å². The Morgan fingerprint density at radius 3 is 2.68 bits per heavy atom. The summed E-state index contributed by atoms with van der Waals surface area (Å²) in [7, 11) is 0. The van der Waals surface area contributed by atoms with E-state index in [1.54, 1.807) is 25.1 Å². The monoisotopic (exact) mass is 263 g/mol. The number of amides is 1. The van der Waals surface area contributed by atoms with Crippen LogP contribution in [0.15, 0.2) is 18.2 Å². The molecule has 0 heterocycles. The van der Waals surface area contributed by atoms with Crippen molar-refractivity contribution in [3.8, 4) is 5.75 Å². The molecule has 0 fully saturated rings. The fourth-order valence-electron chi connectivity index (χ4n) is 1.79. The standard InChI is InChI=1S/C15H21NO3/c1-3-4-5-7-12(17)10-15(19)16-13-8-6-9-14(18)11(13)2/h6,8-9,18H,3-5,7,10H2,1-2H3,(H,16,19). The fourth-order valence-corrected chi connectivity index (χ4v) is 1.79. The molecule has 1 amide bonds. The molecule has 2 N–H and O–H groups in total. The third-order valence-electron chi connectivity index (χ3n) is 3.00. The first-order valence-electron chi connectivity index (χ1n) is 6.64. The largest absolute Gasteiger partial charge is 0.508 e. The van der Waals surface area contributed by atoms with Gasteiger partial charge in [0.25, 0.3) is 0 Å². The molecular formula is C15H21NO3. The lowest BCUT2D eigenvalue weighted by Crippen LogP contribution is -2.16. The van der Waals surface area contributed by atoms with E-state index in [1.807, 2.05) is 0 Å². The molecule has 0 radical (unpaired) electrons. The van der Waals surface area contributed by atoms with Crippen LogP contribution in [-0.2, 0) is 9.59 Å². The smallest absolute Gasteiger partial charge is 0.231 e. The van der Waals surface area contributed by atoms with E-state index in [0.717, 1.165) is 19.3 Å². The van der Waals surface area contributed by atoms with Crippen molar-refractivity contribution in [3.63, 3.8) is 0 Å². The number of hydrogen-bond donors (Lipinski definition) is 2. The van der Waals surface area contributed by atoms with Crippen molar-refractivity contribution in [1.82, 2.24) is 0 Å². The van der Waals surface area contributed by atoms with Gasteiger partial charge in [0.1, 0.15) is 11.5 Å². The molecule has 0 atom stereocenters. The number of carbonyl (C=O) groups is 2. The number of carbonyl (C=O) groups excluding carboxylic acids is 2. The number of rotatable bonds is 7. The normalized spacial score (nSPS) is 10.2. The molecule has 4 heteroatoms. The predicted molar refractivity (Wildman–Crippen MR) is 75.2 cm³/mol. The molecule has 4 nitrogen and oxygen atoms in total. The lowest BCUT2D eigenvalue weighted by molar-refractivity contribution is -0.125. The van der Waals surface area contributed by atoms with Gasteiger partial charge in [0.05, 0.1) is 6.42 Å². The molecule has 0 saturated heterocycles. The van der Waals surface area contributed by atoms with Crippen LogP contribution < -0.4 is 5.32 Å². The Hall–Kier alpha value is -1.84. The first-order valence-corrected chi connectivity index (χ1v) is 6.64. The molecule has 1 rings (SSSR count). The number of nitrogens with one attached hydrogen (secondary N) is 1. The summed E-state index contributed by atoms with van der Waals surface area (Å²) in [6.45, 7) is 3.79. The summed E-state index contributed by atoms with van der Waals surface area (Å²) in [6.07, 6.45) is 3.27. The van der Waals surface area contributed by atoms with E-state index in [2.05, 4.69) is 12.2 Å². The zero-order chi connectivity index (χ0) is 14.3. The van der Waals surface area contributed by atoms with Gasteiger partial charge < -0.3 is 10.4 Å². The molecule has 104 valence electrons. The van der Waals surface area contributed by atoms with Crippen LogP contribution in [0.5, 0.6) is 5.75 Å². The van der Waals surface area contributed by atoms with Gasteiger partial charge in [-0.3, -0.25) is 9.59 Å². The summed E-state index contributed by atoms with van der Waals surface area (Å²) in [5.41, 5.74) is 1.15. The highest BCUT2D eigenvalue weighted by Gasteiger charge is 2.11. The van der Waals surface area contributed by atoms with Gasteiger partial charge in [-0.15, -0.1) is 0 Å². The molecule has 0 aliphatic rings. The second-order valence-corrected chi connectivity index (χ2v) is 4.67. The molecule has 0 saturated carbocycles. The van der Waals surface area contributed by atoms with Crippen molar-refractivity contribution in [2.24, 2.45) is 0 Å². The van der Waals surface area contributed by atoms with Crippen LogP contribution in [-0.4, -0.2) is 16.8 Å². The molecule has 0 aliphatic heterocycles. The minimum Gasteiger partial charge on any atom is -0.508 e. The summed E-state index contributed by atoms with van der Waals surface area (Å²) in [5, 5.41) is 12.2. The fraction of sp³-hybridized carbons (Fsp3) is 0.467. The van der Waals surface area contributed by atoms with Crippen LogP contribution in [0.3, 0.4) is 0 Å². The Kier molecular flexibility index (Phi) is 6.06. The van der Waals surface area contributed by atoms with Gasteiger partial charge in [0, 0.05) is 17.7 Å². The van der Waals surface area contributed by atoms with Crippen LogP contribution in [0.4, 0.5) is 5.69 Å². The average molecular weight is 263 g/mol. The van der Waals surface area contributed by atoms with Crippen molar-refractivity contribution in [2.75, 3.05) is 5.32 Å². The third kappa shape index (κ3) is 5.12. The molecular weight excluding hydrogens is 242 g/mol. The summed E-state index contributed by atoms with van der Waals surface area (Å²) in [4.78, 5) is 23.3. The van der Waals surface area contributed by atoms with E-state index >= 15 is 0 Å². The Bertz CT molecular complexity index is 455. The van der Waals surface area contributed by atoms with Crippen molar-refractivity contribution in [3.05, 3.63) is 23.8 Å². The van der Waals surface area contributed by atoms with E-state index < -0.39 is 0 Å². The van der Waals surface area contributed by atoms with E-state index in [0.29, 0.717) is 17.7 Å². The maximum Gasteiger partial charge on any atom is 0.231 e. The number of aromatic hydroxyl groups is 1. The SMILES string of the molecule is CCCCCC(=O)CC(=O)Nc1cccc(O)c1C. The van der Waals surface area contributed by atoms with Crippen LogP contribution in [0, 0.1) is 6.92 Å². The van der Waals surface area contributed by atoms with E-state index in [4.69, 9.17) is 0 Å². The summed E-state index contributed by atoms with van der Waals surface area (Å²) in [6, 6.07) is 4.91. The molecule has 1 aromatic carbocycles. The molecule has 1 aromatic rings. The van der Waals surface area contributed by atoms with Crippen molar-refractivity contribution >= 4 is 17.4 Å². The Morgan fingerprint density at radius 1 is 1.26 bits per heavy atom. The summed E-state index contributed by atoms with van der Waals surface area (Å²) in [5.74, 6) is -0.231. The highest BCUT2D eigenvalue weighted by molar-refractivity contribution is 6.04. The number of anilines is 1. The van der Waals surface area contributed by atoms with Gasteiger partial charge in [0.15, 0.2) is 0 Å². The summed E-state index contributed by atoms with van der Waals surface area (Å²) >= 11 is 0. The van der Waals surface area contributed by atoms with Gasteiger partial charge >= 0.3 is 0 Å². The quantitative estimate of drug-likeness (QED) is 0.586. The van der Waals surface area contributed by atoms with E-state index in [-0.39, 0.29) is 23.9 Å². The zero-order valence-corrected chi connectivity index (χ0v) is 11.5. The van der Waals surface area contributed by atoms with Crippen LogP contribution >= 0.6 is 0 Å². The maximum atomic E-state index is 11.7. The van der Waals surface area contributed by atoms with Gasteiger partial charge in [0.2, 0.25) is 5.91 Å². The van der Waals surface area contributed by atoms with Crippen LogP contribution in [0.25, 0.3) is 0 Å². The Balaban J connectivity index is 2.47. The maximum absolute atomic E-state index is 11.7. The number of hydrogen-bond acceptors (Lipinski definition) is 3. The lowest BCUT2D eigenvalue weighted by atomic mass is 10.1. The van der Waals surface area contributed by atoms with E-state index in [9.17, 15) is 14.7 Å². The van der Waals surface area contributed by atoms with E-state index in [1.165, 1.54) is 0 Å². The van der Waals surface area contributed by atoms with Crippen LogP contribution in [0.1, 0.15) is 44.6 Å². The van der Waals surface area contributed by atoms with Crippen molar-refractivity contribution in [2.45, 2.75) is 46.0 Å². The summed E-state index contributed by atoms with van der Waals surface area (Å²) < 4.78 is 0. The molecule has 0 bridgehead atoms. The van der Waals surface area contributed by atoms with Gasteiger partial charge in [-0.2, -0.15) is 0 Å². The third-order valence-corrected chi connectivity index (χ3v) is 3.00. The lowest BCUT2D eigenvalue weighted by Gasteiger charge is -2.09. The highest BCUT2D eigenvalue weighted by Crippen LogP contribution is 2.23. The minimum atomic E-state index is -0.324. The second-order valence-electron chi connectivity index (χ2n) is 4.67.